The van der Waals surface area contributed by atoms with Crippen molar-refractivity contribution in [2.24, 2.45) is 0 Å². The number of alkyl halides is 3. The maximum Gasteiger partial charge on any atom is 0.416 e. The van der Waals surface area contributed by atoms with E-state index in [1.54, 1.807) is 6.20 Å². The molecule has 1 atom stereocenters. The average molecular weight is 296 g/mol. The van der Waals surface area contributed by atoms with Gasteiger partial charge < -0.3 is 4.52 Å². The lowest BCUT2D eigenvalue weighted by molar-refractivity contribution is -0.137. The summed E-state index contributed by atoms with van der Waals surface area (Å²) in [6, 6.07) is 2.15. The highest BCUT2D eigenvalue weighted by Gasteiger charge is 2.38. The van der Waals surface area contributed by atoms with Crippen LogP contribution in [0.3, 0.4) is 0 Å². The predicted octanol–water partition coefficient (Wildman–Crippen LogP) is 4.10. The van der Waals surface area contributed by atoms with Gasteiger partial charge in [-0.15, -0.1) is 0 Å². The Hall–Kier alpha value is -1.85. The van der Waals surface area contributed by atoms with Gasteiger partial charge in [-0.05, 0) is 25.0 Å². The zero-order valence-electron chi connectivity index (χ0n) is 11.7. The maximum absolute atomic E-state index is 12.8. The smallest absolute Gasteiger partial charge is 0.361 e. The monoisotopic (exact) mass is 296 g/mol. The molecule has 21 heavy (non-hydrogen) atoms. The molecule has 0 spiro atoms. The van der Waals surface area contributed by atoms with E-state index in [-0.39, 0.29) is 11.3 Å². The van der Waals surface area contributed by atoms with Crippen molar-refractivity contribution in [2.45, 2.75) is 44.2 Å². The molecule has 0 saturated carbocycles. The molecule has 0 fully saturated rings. The Labute approximate surface area is 120 Å². The van der Waals surface area contributed by atoms with Gasteiger partial charge in [0.05, 0.1) is 11.8 Å². The molecular formula is C15H15F3N2O. The number of rotatable bonds is 1. The maximum atomic E-state index is 12.8. The van der Waals surface area contributed by atoms with Crippen molar-refractivity contribution in [2.75, 3.05) is 0 Å². The molecule has 0 N–H and O–H groups in total. The first-order valence-corrected chi connectivity index (χ1v) is 6.74. The standard InChI is InChI=1S/C15H15F3N2O/c1-14(2)7-9(5-10-8-20-21-13(10)14)12-6-11(3-4-19-12)15(16,17)18/h3-4,6,8-9H,5,7H2,1-2H3. The summed E-state index contributed by atoms with van der Waals surface area (Å²) in [5.74, 6) is 0.764. The molecule has 2 heterocycles. The zero-order chi connectivity index (χ0) is 15.3. The second-order valence-electron chi connectivity index (χ2n) is 6.14. The third-order valence-corrected chi connectivity index (χ3v) is 4.01. The van der Waals surface area contributed by atoms with Crippen LogP contribution in [0.2, 0.25) is 0 Å². The summed E-state index contributed by atoms with van der Waals surface area (Å²) in [5.41, 5.74) is 0.520. The Morgan fingerprint density at radius 3 is 2.81 bits per heavy atom. The van der Waals surface area contributed by atoms with Crippen molar-refractivity contribution >= 4 is 0 Å². The van der Waals surface area contributed by atoms with Crippen LogP contribution >= 0.6 is 0 Å². The van der Waals surface area contributed by atoms with Crippen LogP contribution in [0.4, 0.5) is 13.2 Å². The normalized spacial score (nSPS) is 21.1. The molecule has 2 aromatic heterocycles. The minimum Gasteiger partial charge on any atom is -0.361 e. The molecule has 1 aliphatic rings. The van der Waals surface area contributed by atoms with Gasteiger partial charge in [0.1, 0.15) is 5.76 Å². The Morgan fingerprint density at radius 1 is 1.33 bits per heavy atom. The van der Waals surface area contributed by atoms with Gasteiger partial charge in [-0.25, -0.2) is 0 Å². The molecule has 112 valence electrons. The average Bonchev–Trinajstić information content (AvgIpc) is 2.86. The van der Waals surface area contributed by atoms with Crippen LogP contribution in [0.25, 0.3) is 0 Å². The van der Waals surface area contributed by atoms with Crippen molar-refractivity contribution < 1.29 is 17.7 Å². The third-order valence-electron chi connectivity index (χ3n) is 4.01. The highest BCUT2D eigenvalue weighted by Crippen LogP contribution is 2.43. The summed E-state index contributed by atoms with van der Waals surface area (Å²) in [5, 5.41) is 3.81. The number of aromatic nitrogens is 2. The van der Waals surface area contributed by atoms with Crippen molar-refractivity contribution in [1.29, 1.82) is 0 Å². The number of fused-ring (bicyclic) bond motifs is 1. The largest absolute Gasteiger partial charge is 0.416 e. The van der Waals surface area contributed by atoms with Gasteiger partial charge in [-0.1, -0.05) is 19.0 Å². The molecule has 1 aliphatic carbocycles. The summed E-state index contributed by atoms with van der Waals surface area (Å²) in [6.07, 6.45) is -0.171. The lowest BCUT2D eigenvalue weighted by Gasteiger charge is -2.33. The fourth-order valence-electron chi connectivity index (χ4n) is 3.07. The molecule has 0 bridgehead atoms. The summed E-state index contributed by atoms with van der Waals surface area (Å²) >= 11 is 0. The summed E-state index contributed by atoms with van der Waals surface area (Å²) < 4.78 is 43.8. The molecule has 3 rings (SSSR count). The van der Waals surface area contributed by atoms with Gasteiger partial charge in [0.2, 0.25) is 0 Å². The van der Waals surface area contributed by atoms with Crippen molar-refractivity contribution in [3.8, 4) is 0 Å². The van der Waals surface area contributed by atoms with Gasteiger partial charge in [0.15, 0.2) is 0 Å². The highest BCUT2D eigenvalue weighted by atomic mass is 19.4. The molecule has 2 aromatic rings. The summed E-state index contributed by atoms with van der Waals surface area (Å²) in [4.78, 5) is 4.15. The first-order chi connectivity index (χ1) is 9.77. The van der Waals surface area contributed by atoms with Crippen LogP contribution in [0.1, 0.15) is 48.8 Å². The van der Waals surface area contributed by atoms with E-state index >= 15 is 0 Å². The Balaban J connectivity index is 1.96. The number of hydrogen-bond acceptors (Lipinski definition) is 3. The molecular weight excluding hydrogens is 281 g/mol. The molecule has 6 heteroatoms. The number of nitrogens with zero attached hydrogens (tertiary/aromatic N) is 2. The number of halogens is 3. The molecule has 0 radical (unpaired) electrons. The second kappa shape index (κ2) is 4.58. The molecule has 0 aromatic carbocycles. The fraction of sp³-hybridized carbons (Fsp3) is 0.467. The van der Waals surface area contributed by atoms with E-state index in [1.807, 2.05) is 13.8 Å². The van der Waals surface area contributed by atoms with Gasteiger partial charge in [0.25, 0.3) is 0 Å². The van der Waals surface area contributed by atoms with Crippen LogP contribution in [0.15, 0.2) is 29.0 Å². The van der Waals surface area contributed by atoms with Crippen LogP contribution in [0.5, 0.6) is 0 Å². The van der Waals surface area contributed by atoms with Crippen molar-refractivity contribution in [3.05, 3.63) is 47.1 Å². The van der Waals surface area contributed by atoms with E-state index < -0.39 is 11.7 Å². The lowest BCUT2D eigenvalue weighted by Crippen LogP contribution is -2.28. The fourth-order valence-corrected chi connectivity index (χ4v) is 3.07. The van der Waals surface area contributed by atoms with E-state index in [0.717, 1.165) is 23.5 Å². The third kappa shape index (κ3) is 2.54. The Bertz CT molecular complexity index is 661. The van der Waals surface area contributed by atoms with E-state index in [1.165, 1.54) is 6.20 Å². The molecule has 0 saturated heterocycles. The Morgan fingerprint density at radius 2 is 2.10 bits per heavy atom. The van der Waals surface area contributed by atoms with E-state index in [4.69, 9.17) is 4.52 Å². The van der Waals surface area contributed by atoms with Crippen LogP contribution in [0, 0.1) is 0 Å². The van der Waals surface area contributed by atoms with Gasteiger partial charge >= 0.3 is 6.18 Å². The quantitative estimate of drug-likeness (QED) is 0.795. The predicted molar refractivity (Wildman–Crippen MR) is 69.8 cm³/mol. The SMILES string of the molecule is CC1(C)CC(c2cc(C(F)(F)F)ccn2)Cc2cnoc21. The molecule has 0 aliphatic heterocycles. The number of hydrogen-bond donors (Lipinski definition) is 0. The van der Waals surface area contributed by atoms with E-state index in [9.17, 15) is 13.2 Å². The van der Waals surface area contributed by atoms with Crippen molar-refractivity contribution in [1.82, 2.24) is 10.1 Å². The topological polar surface area (TPSA) is 38.9 Å². The van der Waals surface area contributed by atoms with Crippen LogP contribution in [-0.2, 0) is 18.0 Å². The molecule has 3 nitrogen and oxygen atoms in total. The second-order valence-corrected chi connectivity index (χ2v) is 6.14. The Kier molecular flexibility index (Phi) is 3.07. The minimum absolute atomic E-state index is 0.0609. The van der Waals surface area contributed by atoms with Crippen LogP contribution in [-0.4, -0.2) is 10.1 Å². The lowest BCUT2D eigenvalue weighted by atomic mass is 9.71. The van der Waals surface area contributed by atoms with Crippen molar-refractivity contribution in [3.63, 3.8) is 0 Å². The summed E-state index contributed by atoms with van der Waals surface area (Å²) in [6.45, 7) is 4.02. The van der Waals surface area contributed by atoms with E-state index in [2.05, 4.69) is 10.1 Å². The van der Waals surface area contributed by atoms with Crippen LogP contribution < -0.4 is 0 Å². The minimum atomic E-state index is -4.34. The van der Waals surface area contributed by atoms with E-state index in [0.29, 0.717) is 18.5 Å². The van der Waals surface area contributed by atoms with Gasteiger partial charge in [-0.3, -0.25) is 4.98 Å². The first-order valence-electron chi connectivity index (χ1n) is 6.74. The molecule has 1 unspecified atom stereocenters. The first kappa shape index (κ1) is 14.1. The highest BCUT2D eigenvalue weighted by molar-refractivity contribution is 5.31. The molecule has 0 amide bonds. The zero-order valence-corrected chi connectivity index (χ0v) is 11.7. The summed E-state index contributed by atoms with van der Waals surface area (Å²) in [7, 11) is 0. The van der Waals surface area contributed by atoms with Gasteiger partial charge in [0, 0.05) is 28.8 Å². The number of pyridine rings is 1. The van der Waals surface area contributed by atoms with Gasteiger partial charge in [-0.2, -0.15) is 13.2 Å².